The fourth-order valence-electron chi connectivity index (χ4n) is 5.79. The second kappa shape index (κ2) is 12.7. The van der Waals surface area contributed by atoms with E-state index >= 15 is 0 Å². The summed E-state index contributed by atoms with van der Waals surface area (Å²) < 4.78 is 0. The van der Waals surface area contributed by atoms with Crippen molar-refractivity contribution in [3.8, 4) is 6.07 Å². The number of allylic oxidation sites excluding steroid dienone is 3. The van der Waals surface area contributed by atoms with E-state index in [0.29, 0.717) is 22.9 Å². The first-order valence-electron chi connectivity index (χ1n) is 13.3. The van der Waals surface area contributed by atoms with Crippen molar-refractivity contribution in [2.24, 2.45) is 16.3 Å². The molecule has 0 aromatic heterocycles. The van der Waals surface area contributed by atoms with E-state index in [1.54, 1.807) is 6.08 Å². The summed E-state index contributed by atoms with van der Waals surface area (Å²) in [6.07, 6.45) is 10.3. The zero-order valence-corrected chi connectivity index (χ0v) is 22.9. The minimum atomic E-state index is 0.0638. The summed E-state index contributed by atoms with van der Waals surface area (Å²) >= 11 is 0. The van der Waals surface area contributed by atoms with Gasteiger partial charge in [0.25, 0.3) is 0 Å². The monoisotopic (exact) mass is 467 g/mol. The predicted octanol–water partition coefficient (Wildman–Crippen LogP) is 6.23. The van der Waals surface area contributed by atoms with E-state index in [1.807, 2.05) is 6.08 Å². The number of hydrogen-bond acceptors (Lipinski definition) is 5. The highest BCUT2D eigenvalue weighted by atomic mass is 15.3. The Hall–Kier alpha value is -1.90. The zero-order chi connectivity index (χ0) is 25.4. The van der Waals surface area contributed by atoms with Crippen LogP contribution in [0.5, 0.6) is 0 Å². The zero-order valence-electron chi connectivity index (χ0n) is 22.9. The SMILES string of the molecule is C=C(CC)N(CC1(N2CCN(CC(C)C)CC2)CCCC(C)(C)C1)C(=C)N=C(C#N)/C=C\CC. The predicted molar refractivity (Wildman–Crippen MR) is 146 cm³/mol. The van der Waals surface area contributed by atoms with E-state index < -0.39 is 0 Å². The van der Waals surface area contributed by atoms with Crippen molar-refractivity contribution in [2.75, 3.05) is 39.3 Å². The molecule has 0 spiro atoms. The maximum atomic E-state index is 9.58. The molecule has 0 N–H and O–H groups in total. The van der Waals surface area contributed by atoms with Gasteiger partial charge in [0.2, 0.25) is 0 Å². The fraction of sp³-hybridized carbons (Fsp3) is 0.724. The second-order valence-electron chi connectivity index (χ2n) is 11.4. The molecule has 0 radical (unpaired) electrons. The van der Waals surface area contributed by atoms with Gasteiger partial charge in [-0.3, -0.25) is 4.90 Å². The van der Waals surface area contributed by atoms with Crippen molar-refractivity contribution in [1.29, 1.82) is 5.26 Å². The van der Waals surface area contributed by atoms with Gasteiger partial charge in [0, 0.05) is 50.5 Å². The smallest absolute Gasteiger partial charge is 0.142 e. The molecule has 0 bridgehead atoms. The van der Waals surface area contributed by atoms with Crippen LogP contribution in [-0.2, 0) is 0 Å². The van der Waals surface area contributed by atoms with Crippen LogP contribution in [0.25, 0.3) is 0 Å². The van der Waals surface area contributed by atoms with Gasteiger partial charge >= 0.3 is 0 Å². The minimum absolute atomic E-state index is 0.0638. The average molecular weight is 468 g/mol. The standard InChI is InChI=1S/C29H49N5/c1-9-11-13-27(20-30)31-26(6)34(25(5)10-2)23-29(15-12-14-28(7,8)22-29)33-18-16-32(17-19-33)21-24(3)4/h11,13,24H,5-6,9-10,12,14-19,21-23H2,1-4,7-8H3/b13-11-,31-27?. The quantitative estimate of drug-likeness (QED) is 0.338. The van der Waals surface area contributed by atoms with Crippen molar-refractivity contribution >= 4 is 5.71 Å². The third kappa shape index (κ3) is 7.82. The van der Waals surface area contributed by atoms with Gasteiger partial charge in [-0.25, -0.2) is 4.99 Å². The molecule has 1 heterocycles. The van der Waals surface area contributed by atoms with Gasteiger partial charge in [0.1, 0.15) is 17.6 Å². The lowest BCUT2D eigenvalue weighted by Crippen LogP contribution is -2.63. The Kier molecular flexibility index (Phi) is 10.6. The summed E-state index contributed by atoms with van der Waals surface area (Å²) in [5, 5.41) is 9.58. The van der Waals surface area contributed by atoms with Crippen molar-refractivity contribution in [2.45, 2.75) is 85.6 Å². The molecule has 1 atom stereocenters. The molecule has 0 aromatic rings. The molecule has 190 valence electrons. The lowest BCUT2D eigenvalue weighted by Gasteiger charge is -2.55. The van der Waals surface area contributed by atoms with E-state index in [1.165, 1.54) is 25.8 Å². The maximum Gasteiger partial charge on any atom is 0.142 e. The van der Waals surface area contributed by atoms with E-state index in [4.69, 9.17) is 0 Å². The molecule has 2 aliphatic rings. The van der Waals surface area contributed by atoms with E-state index in [9.17, 15) is 5.26 Å². The molecule has 1 unspecified atom stereocenters. The van der Waals surface area contributed by atoms with Crippen LogP contribution in [0.3, 0.4) is 0 Å². The summed E-state index contributed by atoms with van der Waals surface area (Å²) in [6.45, 7) is 28.8. The number of aliphatic imine (C=N–C) groups is 1. The number of hydrogen-bond donors (Lipinski definition) is 0. The van der Waals surface area contributed by atoms with Crippen molar-refractivity contribution in [1.82, 2.24) is 14.7 Å². The first kappa shape index (κ1) is 28.3. The molecule has 2 rings (SSSR count). The van der Waals surface area contributed by atoms with Gasteiger partial charge < -0.3 is 9.80 Å². The molecular weight excluding hydrogens is 418 g/mol. The van der Waals surface area contributed by atoms with Crippen LogP contribution in [0.4, 0.5) is 0 Å². The summed E-state index contributed by atoms with van der Waals surface area (Å²) in [5.74, 6) is 1.33. The van der Waals surface area contributed by atoms with Gasteiger partial charge in [-0.05, 0) is 49.5 Å². The van der Waals surface area contributed by atoms with Gasteiger partial charge in [0.15, 0.2) is 0 Å². The molecule has 1 aliphatic carbocycles. The van der Waals surface area contributed by atoms with Crippen LogP contribution >= 0.6 is 0 Å². The Labute approximate surface area is 209 Å². The van der Waals surface area contributed by atoms with Crippen molar-refractivity contribution < 1.29 is 0 Å². The van der Waals surface area contributed by atoms with E-state index in [-0.39, 0.29) is 5.54 Å². The Balaban J connectivity index is 2.34. The lowest BCUT2D eigenvalue weighted by atomic mass is 9.66. The van der Waals surface area contributed by atoms with E-state index in [2.05, 4.69) is 80.5 Å². The Morgan fingerprint density at radius 3 is 2.35 bits per heavy atom. The largest absolute Gasteiger partial charge is 0.329 e. The van der Waals surface area contributed by atoms with Crippen LogP contribution < -0.4 is 0 Å². The van der Waals surface area contributed by atoms with Crippen molar-refractivity contribution in [3.63, 3.8) is 0 Å². The minimum Gasteiger partial charge on any atom is -0.329 e. The molecule has 1 saturated carbocycles. The third-order valence-corrected chi connectivity index (χ3v) is 7.40. The highest BCUT2D eigenvalue weighted by Gasteiger charge is 2.46. The highest BCUT2D eigenvalue weighted by Crippen LogP contribution is 2.45. The molecule has 5 nitrogen and oxygen atoms in total. The first-order chi connectivity index (χ1) is 16.1. The molecule has 1 saturated heterocycles. The molecule has 0 amide bonds. The summed E-state index contributed by atoms with van der Waals surface area (Å²) in [7, 11) is 0. The van der Waals surface area contributed by atoms with Gasteiger partial charge in [0.05, 0.1) is 0 Å². The van der Waals surface area contributed by atoms with Crippen LogP contribution in [0.2, 0.25) is 0 Å². The molecular formula is C29H49N5. The molecule has 2 fully saturated rings. The Bertz CT molecular complexity index is 792. The highest BCUT2D eigenvalue weighted by molar-refractivity contribution is 6.07. The van der Waals surface area contributed by atoms with Crippen LogP contribution in [-0.4, -0.2) is 65.2 Å². The Morgan fingerprint density at radius 1 is 1.15 bits per heavy atom. The van der Waals surface area contributed by atoms with Gasteiger partial charge in [-0.2, -0.15) is 5.26 Å². The van der Waals surface area contributed by atoms with Crippen LogP contribution in [0.15, 0.2) is 41.8 Å². The van der Waals surface area contributed by atoms with Gasteiger partial charge in [-0.1, -0.05) is 67.2 Å². The number of rotatable bonds is 11. The average Bonchev–Trinajstić information content (AvgIpc) is 2.79. The van der Waals surface area contributed by atoms with Crippen LogP contribution in [0, 0.1) is 22.7 Å². The summed E-state index contributed by atoms with van der Waals surface area (Å²) in [4.78, 5) is 12.2. The number of piperazine rings is 1. The number of nitrogens with zero attached hydrogens (tertiary/aromatic N) is 5. The summed E-state index contributed by atoms with van der Waals surface area (Å²) in [6, 6.07) is 2.22. The molecule has 0 aromatic carbocycles. The molecule has 34 heavy (non-hydrogen) atoms. The van der Waals surface area contributed by atoms with Gasteiger partial charge in [-0.15, -0.1) is 0 Å². The third-order valence-electron chi connectivity index (χ3n) is 7.40. The topological polar surface area (TPSA) is 45.9 Å². The Morgan fingerprint density at radius 2 is 1.82 bits per heavy atom. The molecule has 1 aliphatic heterocycles. The number of nitriles is 1. The maximum absolute atomic E-state index is 9.58. The molecule has 5 heteroatoms. The first-order valence-corrected chi connectivity index (χ1v) is 13.3. The van der Waals surface area contributed by atoms with Crippen LogP contribution in [0.1, 0.15) is 80.1 Å². The summed E-state index contributed by atoms with van der Waals surface area (Å²) in [5.41, 5.74) is 1.79. The lowest BCUT2D eigenvalue weighted by molar-refractivity contribution is -0.0369. The second-order valence-corrected chi connectivity index (χ2v) is 11.4. The van der Waals surface area contributed by atoms with Crippen molar-refractivity contribution in [3.05, 3.63) is 36.8 Å². The normalized spacial score (nSPS) is 24.4. The fourth-order valence-corrected chi connectivity index (χ4v) is 5.79. The van der Waals surface area contributed by atoms with E-state index in [0.717, 1.165) is 57.7 Å².